The lowest BCUT2D eigenvalue weighted by Gasteiger charge is -2.05. The second-order valence-electron chi connectivity index (χ2n) is 3.94. The molecular formula is C13H12FNO4. The third kappa shape index (κ3) is 3.38. The molecular weight excluding hydrogens is 253 g/mol. The highest BCUT2D eigenvalue weighted by Gasteiger charge is 2.13. The summed E-state index contributed by atoms with van der Waals surface area (Å²) in [5, 5.41) is 8.66. The van der Waals surface area contributed by atoms with Crippen molar-refractivity contribution in [3.8, 4) is 11.5 Å². The van der Waals surface area contributed by atoms with Crippen LogP contribution in [0.2, 0.25) is 0 Å². The molecule has 0 aliphatic carbocycles. The van der Waals surface area contributed by atoms with E-state index in [9.17, 15) is 9.18 Å². The average molecular weight is 265 g/mol. The molecule has 0 amide bonds. The number of carboxylic acids is 1. The molecule has 0 saturated heterocycles. The van der Waals surface area contributed by atoms with Crippen LogP contribution in [-0.2, 0) is 16.1 Å². The summed E-state index contributed by atoms with van der Waals surface area (Å²) < 4.78 is 23.1. The largest absolute Gasteiger partial charge is 0.479 e. The molecule has 5 nitrogen and oxygen atoms in total. The fourth-order valence-corrected chi connectivity index (χ4v) is 1.38. The van der Waals surface area contributed by atoms with Crippen molar-refractivity contribution in [1.82, 2.24) is 4.98 Å². The minimum atomic E-state index is -1.04. The van der Waals surface area contributed by atoms with Gasteiger partial charge in [0.05, 0.1) is 6.61 Å². The van der Waals surface area contributed by atoms with E-state index in [0.717, 1.165) is 0 Å². The predicted octanol–water partition coefficient (Wildman–Crippen LogP) is 2.47. The van der Waals surface area contributed by atoms with Crippen LogP contribution in [0.25, 0.3) is 11.5 Å². The van der Waals surface area contributed by atoms with Gasteiger partial charge in [0, 0.05) is 5.56 Å². The molecule has 2 rings (SSSR count). The van der Waals surface area contributed by atoms with Crippen molar-refractivity contribution in [2.24, 2.45) is 0 Å². The summed E-state index contributed by atoms with van der Waals surface area (Å²) in [4.78, 5) is 14.7. The number of hydrogen-bond acceptors (Lipinski definition) is 4. The molecule has 0 aliphatic heterocycles. The highest BCUT2D eigenvalue weighted by molar-refractivity contribution is 5.71. The lowest BCUT2D eigenvalue weighted by Crippen LogP contribution is -2.19. The number of benzene rings is 1. The summed E-state index contributed by atoms with van der Waals surface area (Å²) in [5.74, 6) is -1.04. The highest BCUT2D eigenvalue weighted by atomic mass is 19.1. The Hall–Kier alpha value is -2.21. The van der Waals surface area contributed by atoms with E-state index >= 15 is 0 Å². The number of ether oxygens (including phenoxy) is 1. The number of aliphatic carboxylic acids is 1. The summed E-state index contributed by atoms with van der Waals surface area (Å²) in [6.45, 7) is 1.47. The van der Waals surface area contributed by atoms with Crippen LogP contribution < -0.4 is 0 Å². The molecule has 0 fully saturated rings. The highest BCUT2D eigenvalue weighted by Crippen LogP contribution is 2.19. The fraction of sp³-hybridized carbons (Fsp3) is 0.231. The first-order valence-corrected chi connectivity index (χ1v) is 5.61. The number of rotatable bonds is 5. The van der Waals surface area contributed by atoms with Gasteiger partial charge in [-0.25, -0.2) is 14.2 Å². The monoisotopic (exact) mass is 265 g/mol. The van der Waals surface area contributed by atoms with Gasteiger partial charge >= 0.3 is 5.97 Å². The molecule has 6 heteroatoms. The van der Waals surface area contributed by atoms with E-state index < -0.39 is 12.1 Å². The zero-order valence-corrected chi connectivity index (χ0v) is 10.2. The van der Waals surface area contributed by atoms with Crippen LogP contribution in [0.4, 0.5) is 4.39 Å². The molecule has 0 radical (unpaired) electrons. The van der Waals surface area contributed by atoms with Crippen molar-refractivity contribution < 1.29 is 23.4 Å². The predicted molar refractivity (Wildman–Crippen MR) is 63.8 cm³/mol. The number of nitrogens with zero attached hydrogens (tertiary/aromatic N) is 1. The molecule has 100 valence electrons. The summed E-state index contributed by atoms with van der Waals surface area (Å²) >= 11 is 0. The van der Waals surface area contributed by atoms with E-state index in [1.165, 1.54) is 25.3 Å². The SMILES string of the molecule is C[C@@H](OCc1coc(-c2ccc(F)cc2)n1)C(=O)O. The molecule has 2 aromatic rings. The minimum Gasteiger partial charge on any atom is -0.479 e. The molecule has 1 atom stereocenters. The Labute approximate surface area is 108 Å². The topological polar surface area (TPSA) is 72.6 Å². The van der Waals surface area contributed by atoms with Gasteiger partial charge < -0.3 is 14.3 Å². The van der Waals surface area contributed by atoms with Gasteiger partial charge in [-0.3, -0.25) is 0 Å². The van der Waals surface area contributed by atoms with E-state index in [2.05, 4.69) is 4.98 Å². The second kappa shape index (κ2) is 5.62. The molecule has 0 aliphatic rings. The van der Waals surface area contributed by atoms with Crippen LogP contribution in [0.5, 0.6) is 0 Å². The summed E-state index contributed by atoms with van der Waals surface area (Å²) in [7, 11) is 0. The third-order valence-corrected chi connectivity index (χ3v) is 2.47. The van der Waals surface area contributed by atoms with Gasteiger partial charge in [0.2, 0.25) is 5.89 Å². The molecule has 19 heavy (non-hydrogen) atoms. The summed E-state index contributed by atoms with van der Waals surface area (Å²) in [6.07, 6.45) is 0.471. The van der Waals surface area contributed by atoms with Crippen LogP contribution in [0.1, 0.15) is 12.6 Å². The average Bonchev–Trinajstić information content (AvgIpc) is 2.85. The van der Waals surface area contributed by atoms with Crippen LogP contribution in [0.3, 0.4) is 0 Å². The van der Waals surface area contributed by atoms with E-state index in [1.807, 2.05) is 0 Å². The second-order valence-corrected chi connectivity index (χ2v) is 3.94. The number of aromatic nitrogens is 1. The lowest BCUT2D eigenvalue weighted by molar-refractivity contribution is -0.149. The molecule has 0 saturated carbocycles. The minimum absolute atomic E-state index is 0.0398. The molecule has 0 bridgehead atoms. The summed E-state index contributed by atoms with van der Waals surface area (Å²) in [6, 6.07) is 5.71. The van der Waals surface area contributed by atoms with E-state index in [0.29, 0.717) is 17.1 Å². The van der Waals surface area contributed by atoms with Crippen LogP contribution in [0, 0.1) is 5.82 Å². The maximum Gasteiger partial charge on any atom is 0.332 e. The van der Waals surface area contributed by atoms with E-state index in [4.69, 9.17) is 14.3 Å². The smallest absolute Gasteiger partial charge is 0.332 e. The molecule has 0 spiro atoms. The van der Waals surface area contributed by atoms with Crippen molar-refractivity contribution in [1.29, 1.82) is 0 Å². The number of hydrogen-bond donors (Lipinski definition) is 1. The normalized spacial score (nSPS) is 12.3. The molecule has 0 unspecified atom stereocenters. The van der Waals surface area contributed by atoms with Gasteiger partial charge in [0.15, 0.2) is 6.10 Å². The standard InChI is InChI=1S/C13H12FNO4/c1-8(13(16)17)18-6-11-7-19-12(15-11)9-2-4-10(14)5-3-9/h2-5,7-8H,6H2,1H3,(H,16,17)/t8-/m1/s1. The number of oxazole rings is 1. The Morgan fingerprint density at radius 3 is 2.79 bits per heavy atom. The maximum absolute atomic E-state index is 12.8. The fourth-order valence-electron chi connectivity index (χ4n) is 1.38. The molecule has 1 aromatic heterocycles. The quantitative estimate of drug-likeness (QED) is 0.899. The van der Waals surface area contributed by atoms with E-state index in [-0.39, 0.29) is 12.4 Å². The Bertz CT molecular complexity index is 564. The van der Waals surface area contributed by atoms with Gasteiger partial charge in [0.25, 0.3) is 0 Å². The van der Waals surface area contributed by atoms with Crippen molar-refractivity contribution >= 4 is 5.97 Å². The van der Waals surface area contributed by atoms with Crippen LogP contribution in [0.15, 0.2) is 34.9 Å². The molecule has 1 aromatic carbocycles. The van der Waals surface area contributed by atoms with Crippen LogP contribution >= 0.6 is 0 Å². The Kier molecular flexibility index (Phi) is 3.91. The van der Waals surface area contributed by atoms with Crippen molar-refractivity contribution in [2.45, 2.75) is 19.6 Å². The number of carbonyl (C=O) groups is 1. The molecule has 1 N–H and O–H groups in total. The van der Waals surface area contributed by atoms with Gasteiger partial charge in [-0.15, -0.1) is 0 Å². The maximum atomic E-state index is 12.8. The van der Waals surface area contributed by atoms with Gasteiger partial charge in [-0.2, -0.15) is 0 Å². The number of carboxylic acid groups (broad SMARTS) is 1. The van der Waals surface area contributed by atoms with Gasteiger partial charge in [0.1, 0.15) is 17.8 Å². The first-order chi connectivity index (χ1) is 9.06. The van der Waals surface area contributed by atoms with Crippen molar-refractivity contribution in [3.05, 3.63) is 42.0 Å². The van der Waals surface area contributed by atoms with E-state index in [1.54, 1.807) is 12.1 Å². The summed E-state index contributed by atoms with van der Waals surface area (Å²) in [5.41, 5.74) is 1.12. The first-order valence-electron chi connectivity index (χ1n) is 5.61. The zero-order valence-electron chi connectivity index (χ0n) is 10.2. The van der Waals surface area contributed by atoms with Crippen LogP contribution in [-0.4, -0.2) is 22.2 Å². The van der Waals surface area contributed by atoms with Crippen molar-refractivity contribution in [2.75, 3.05) is 0 Å². The number of halogens is 1. The van der Waals surface area contributed by atoms with Crippen molar-refractivity contribution in [3.63, 3.8) is 0 Å². The Balaban J connectivity index is 2.03. The lowest BCUT2D eigenvalue weighted by atomic mass is 10.2. The molecule has 1 heterocycles. The van der Waals surface area contributed by atoms with Gasteiger partial charge in [-0.1, -0.05) is 0 Å². The third-order valence-electron chi connectivity index (χ3n) is 2.47. The Morgan fingerprint density at radius 1 is 1.47 bits per heavy atom. The zero-order chi connectivity index (χ0) is 13.8. The van der Waals surface area contributed by atoms with Gasteiger partial charge in [-0.05, 0) is 31.2 Å². The first kappa shape index (κ1) is 13.2. The Morgan fingerprint density at radius 2 is 2.16 bits per heavy atom.